The summed E-state index contributed by atoms with van der Waals surface area (Å²) in [5.41, 5.74) is 8.10. The highest BCUT2D eigenvalue weighted by molar-refractivity contribution is 6.72. The first-order chi connectivity index (χ1) is 23.0. The molecule has 3 aromatic carbocycles. The fourth-order valence-electron chi connectivity index (χ4n) is 7.44. The number of halogens is 1. The van der Waals surface area contributed by atoms with Crippen molar-refractivity contribution in [2.45, 2.75) is 56.1 Å². The maximum Gasteiger partial charge on any atom is 0.264 e. The molecule has 4 N–H and O–H groups in total. The lowest BCUT2D eigenvalue weighted by atomic mass is 9.82. The van der Waals surface area contributed by atoms with Crippen molar-refractivity contribution in [1.82, 2.24) is 15.0 Å². The Hall–Kier alpha value is -4.65. The van der Waals surface area contributed by atoms with Gasteiger partial charge in [-0.2, -0.15) is 0 Å². The molecule has 48 heavy (non-hydrogen) atoms. The summed E-state index contributed by atoms with van der Waals surface area (Å²) in [7, 11) is -3.40. The van der Waals surface area contributed by atoms with E-state index in [1.807, 2.05) is 37.3 Å². The third-order valence-electron chi connectivity index (χ3n) is 9.64. The highest BCUT2D eigenvalue weighted by Crippen LogP contribution is 2.60. The zero-order chi connectivity index (χ0) is 34.2. The summed E-state index contributed by atoms with van der Waals surface area (Å²) in [5, 5.41) is 21.7. The fraction of sp³-hybridized carbons (Fsp3) is 0.333. The fourth-order valence-corrected chi connectivity index (χ4v) is 9.98. The molecule has 1 aromatic heterocycles. The van der Waals surface area contributed by atoms with Gasteiger partial charge in [-0.3, -0.25) is 14.3 Å². The monoisotopic (exact) mass is 668 g/mol. The third kappa shape index (κ3) is 5.95. The van der Waals surface area contributed by atoms with Crippen LogP contribution in [0.5, 0.6) is 0 Å². The van der Waals surface area contributed by atoms with Gasteiger partial charge in [-0.25, -0.2) is 0 Å². The van der Waals surface area contributed by atoms with E-state index < -0.39 is 31.6 Å². The summed E-state index contributed by atoms with van der Waals surface area (Å²) in [6.07, 6.45) is 3.26. The molecule has 10 nitrogen and oxygen atoms in total. The number of ether oxygens (including phenoxy) is 1. The lowest BCUT2D eigenvalue weighted by Gasteiger charge is -2.31. The van der Waals surface area contributed by atoms with Crippen LogP contribution in [0.25, 0.3) is 0 Å². The molecule has 250 valence electrons. The van der Waals surface area contributed by atoms with Crippen molar-refractivity contribution in [2.75, 3.05) is 29.1 Å². The first kappa shape index (κ1) is 33.3. The molecule has 1 spiro atoms. The molecule has 0 radical (unpaired) electrons. The number of carbonyl (C=O) groups excluding carboxylic acids is 2. The molecule has 0 aliphatic carbocycles. The second-order valence-electron chi connectivity index (χ2n) is 13.1. The maximum absolute atomic E-state index is 16.3. The van der Waals surface area contributed by atoms with Crippen LogP contribution < -0.4 is 16.0 Å². The van der Waals surface area contributed by atoms with E-state index in [1.165, 1.54) is 0 Å². The Morgan fingerprint density at radius 1 is 1.19 bits per heavy atom. The number of benzene rings is 3. The molecule has 5 atom stereocenters. The number of amides is 2. The van der Waals surface area contributed by atoms with Crippen molar-refractivity contribution in [3.63, 3.8) is 0 Å². The number of aryl methyl sites for hydroxylation is 1. The SMILES string of the molecule is C=CCN1C(=O)[C@@]2(O[C@@H](CCn3cc(C(CO)c4ccccc4)nn3)[C@H]([Si](C)(C)F)[C@H]2C)c2cc(NC(=O)c3ccc(N)cc3)ccc21. The molecule has 0 saturated carbocycles. The summed E-state index contributed by atoms with van der Waals surface area (Å²) in [5.74, 6) is -1.42. The molecule has 6 rings (SSSR count). The number of anilines is 3. The highest BCUT2D eigenvalue weighted by atomic mass is 28.4. The Bertz CT molecular complexity index is 1810. The molecule has 3 heterocycles. The van der Waals surface area contributed by atoms with Gasteiger partial charge in [0.1, 0.15) is 0 Å². The smallest absolute Gasteiger partial charge is 0.264 e. The van der Waals surface area contributed by atoms with Gasteiger partial charge in [0.15, 0.2) is 5.60 Å². The minimum absolute atomic E-state index is 0.122. The Balaban J connectivity index is 1.30. The first-order valence-electron chi connectivity index (χ1n) is 16.1. The number of aliphatic hydroxyl groups is 1. The van der Waals surface area contributed by atoms with Gasteiger partial charge in [0.25, 0.3) is 11.8 Å². The van der Waals surface area contributed by atoms with Crippen LogP contribution in [0.1, 0.15) is 46.4 Å². The van der Waals surface area contributed by atoms with Gasteiger partial charge >= 0.3 is 0 Å². The quantitative estimate of drug-likeness (QED) is 0.0816. The Kier molecular flexibility index (Phi) is 9.07. The van der Waals surface area contributed by atoms with Crippen molar-refractivity contribution in [3.05, 3.63) is 114 Å². The van der Waals surface area contributed by atoms with Gasteiger partial charge in [-0.1, -0.05) is 48.5 Å². The van der Waals surface area contributed by atoms with Crippen LogP contribution in [0.15, 0.2) is 91.6 Å². The zero-order valence-electron chi connectivity index (χ0n) is 27.3. The molecule has 2 aliphatic rings. The number of nitrogens with one attached hydrogen (secondary N) is 1. The van der Waals surface area contributed by atoms with E-state index in [4.69, 9.17) is 10.5 Å². The van der Waals surface area contributed by atoms with E-state index in [-0.39, 0.29) is 30.9 Å². The van der Waals surface area contributed by atoms with Crippen molar-refractivity contribution in [3.8, 4) is 0 Å². The molecule has 1 saturated heterocycles. The van der Waals surface area contributed by atoms with Crippen LogP contribution in [0.4, 0.5) is 21.2 Å². The Morgan fingerprint density at radius 3 is 2.58 bits per heavy atom. The van der Waals surface area contributed by atoms with Gasteiger partial charge < -0.3 is 29.9 Å². The van der Waals surface area contributed by atoms with Crippen molar-refractivity contribution < 1.29 is 23.5 Å². The summed E-state index contributed by atoms with van der Waals surface area (Å²) in [4.78, 5) is 29.1. The highest BCUT2D eigenvalue weighted by Gasteiger charge is 2.66. The second kappa shape index (κ2) is 13.1. The van der Waals surface area contributed by atoms with Crippen molar-refractivity contribution in [1.29, 1.82) is 0 Å². The van der Waals surface area contributed by atoms with Crippen LogP contribution in [0.2, 0.25) is 18.6 Å². The summed E-state index contributed by atoms with van der Waals surface area (Å²) < 4.78 is 24.8. The number of aromatic nitrogens is 3. The normalized spacial score (nSPS) is 22.6. The van der Waals surface area contributed by atoms with Crippen LogP contribution in [-0.2, 0) is 21.7 Å². The van der Waals surface area contributed by atoms with E-state index in [0.717, 1.165) is 5.56 Å². The molecule has 0 bridgehead atoms. The predicted octanol–water partition coefficient (Wildman–Crippen LogP) is 5.63. The minimum atomic E-state index is -3.40. The maximum atomic E-state index is 16.3. The minimum Gasteiger partial charge on any atom is -0.399 e. The van der Waals surface area contributed by atoms with Gasteiger partial charge in [0.05, 0.1) is 30.0 Å². The number of hydrogen-bond donors (Lipinski definition) is 3. The van der Waals surface area contributed by atoms with E-state index in [9.17, 15) is 14.7 Å². The van der Waals surface area contributed by atoms with Gasteiger partial charge in [-0.15, -0.1) is 11.7 Å². The zero-order valence-corrected chi connectivity index (χ0v) is 28.3. The topological polar surface area (TPSA) is 136 Å². The first-order valence-corrected chi connectivity index (χ1v) is 19.1. The number of carbonyl (C=O) groups is 2. The van der Waals surface area contributed by atoms with E-state index in [0.29, 0.717) is 46.8 Å². The summed E-state index contributed by atoms with van der Waals surface area (Å²) in [6, 6.07) is 21.5. The number of nitrogens with two attached hydrogens (primary N) is 1. The molecular formula is C36H41FN6O4Si. The van der Waals surface area contributed by atoms with Gasteiger partial charge in [-0.05, 0) is 67.5 Å². The number of nitrogen functional groups attached to an aromatic ring is 1. The van der Waals surface area contributed by atoms with E-state index in [1.54, 1.807) is 77.4 Å². The van der Waals surface area contributed by atoms with Crippen LogP contribution in [-0.4, -0.2) is 59.6 Å². The number of aliphatic hydroxyl groups excluding tert-OH is 1. The molecule has 4 aromatic rings. The van der Waals surface area contributed by atoms with Crippen LogP contribution in [0, 0.1) is 5.92 Å². The average Bonchev–Trinajstić information content (AvgIpc) is 3.71. The largest absolute Gasteiger partial charge is 0.399 e. The third-order valence-corrected chi connectivity index (χ3v) is 12.1. The standard InChI is InChI=1S/C36H41FN6O4Si/c1-5-18-43-31-16-15-27(39-34(45)25-11-13-26(38)14-12-25)20-29(31)36(35(43)46)23(2)33(48(3,4)37)32(47-36)17-19-42-21-30(40-41-42)28(22-44)24-9-7-6-8-10-24/h5-16,20-21,23,28,32-33,44H,1,17-19,22,38H2,2-4H3,(H,39,45)/t23-,28?,32+,33-,36+/m1/s1. The number of fused-ring (bicyclic) bond motifs is 2. The molecule has 1 unspecified atom stereocenters. The number of hydrogen-bond acceptors (Lipinski definition) is 7. The predicted molar refractivity (Wildman–Crippen MR) is 186 cm³/mol. The number of nitrogens with zero attached hydrogens (tertiary/aromatic N) is 4. The summed E-state index contributed by atoms with van der Waals surface area (Å²) >= 11 is 0. The molecular weight excluding hydrogens is 628 g/mol. The molecule has 1 fully saturated rings. The summed E-state index contributed by atoms with van der Waals surface area (Å²) in [6.45, 7) is 9.58. The molecule has 2 amide bonds. The van der Waals surface area contributed by atoms with Crippen molar-refractivity contribution in [2.24, 2.45) is 5.92 Å². The lowest BCUT2D eigenvalue weighted by molar-refractivity contribution is -0.145. The van der Waals surface area contributed by atoms with E-state index in [2.05, 4.69) is 22.2 Å². The second-order valence-corrected chi connectivity index (χ2v) is 16.9. The van der Waals surface area contributed by atoms with E-state index >= 15 is 4.11 Å². The Morgan fingerprint density at radius 2 is 1.92 bits per heavy atom. The average molecular weight is 669 g/mol. The van der Waals surface area contributed by atoms with Gasteiger partial charge in [0, 0.05) is 53.2 Å². The molecule has 2 aliphatic heterocycles. The van der Waals surface area contributed by atoms with Crippen molar-refractivity contribution >= 4 is 37.3 Å². The Labute approximate surface area is 280 Å². The number of rotatable bonds is 11. The molecule has 12 heteroatoms. The van der Waals surface area contributed by atoms with Crippen LogP contribution in [0.3, 0.4) is 0 Å². The van der Waals surface area contributed by atoms with Crippen LogP contribution >= 0.6 is 0 Å². The van der Waals surface area contributed by atoms with Gasteiger partial charge in [0.2, 0.25) is 8.41 Å². The lowest BCUT2D eigenvalue weighted by Crippen LogP contribution is -2.45.